The molecule has 0 rings (SSSR count). The van der Waals surface area contributed by atoms with Gasteiger partial charge in [0, 0.05) is 0 Å². The lowest BCUT2D eigenvalue weighted by Gasteiger charge is -2.14. The van der Waals surface area contributed by atoms with Crippen LogP contribution in [0, 0.1) is 5.92 Å². The number of Topliss-reactive ketones (excluding diaryl/α,β-unsaturated/α-hetero) is 1. The molecule has 0 fully saturated rings. The van der Waals surface area contributed by atoms with Crippen LogP contribution in [0.2, 0.25) is 0 Å². The molecule has 0 heterocycles. The van der Waals surface area contributed by atoms with Gasteiger partial charge in [-0.15, -0.1) is 0 Å². The van der Waals surface area contributed by atoms with Crippen molar-refractivity contribution in [1.82, 2.24) is 4.72 Å². The minimum absolute atomic E-state index is 0.103. The zero-order valence-electron chi connectivity index (χ0n) is 6.01. The number of hydrogen-bond acceptors (Lipinski definition) is 3. The van der Waals surface area contributed by atoms with Gasteiger partial charge in [-0.05, 0) is 12.8 Å². The van der Waals surface area contributed by atoms with Crippen molar-refractivity contribution in [2.24, 2.45) is 5.92 Å². The first-order chi connectivity index (χ1) is 4.09. The third kappa shape index (κ3) is 2.87. The maximum absolute atomic E-state index is 10.7. The van der Waals surface area contributed by atoms with Gasteiger partial charge in [0.05, 0.1) is 6.04 Å². The second kappa shape index (κ2) is 3.90. The highest BCUT2D eigenvalue weighted by Gasteiger charge is 2.15. The molecule has 3 heteroatoms. The van der Waals surface area contributed by atoms with Gasteiger partial charge in [-0.2, -0.15) is 0 Å². The van der Waals surface area contributed by atoms with Gasteiger partial charge in [0.15, 0.2) is 0 Å². The second-order valence-electron chi connectivity index (χ2n) is 2.46. The predicted molar refractivity (Wildman–Crippen MR) is 41.4 cm³/mol. The van der Waals surface area contributed by atoms with Crippen LogP contribution < -0.4 is 4.72 Å². The van der Waals surface area contributed by atoms with E-state index in [0.29, 0.717) is 5.92 Å². The number of ketones is 1. The number of thiol groups is 1. The number of rotatable bonds is 3. The number of hydrogen-bond donors (Lipinski definition) is 2. The van der Waals surface area contributed by atoms with Crippen LogP contribution in [0.5, 0.6) is 0 Å². The number of carbonyl (C=O) groups is 1. The first kappa shape index (κ1) is 8.98. The molecule has 0 saturated carbocycles. The third-order valence-corrected chi connectivity index (χ3v) is 1.52. The molecule has 0 aliphatic rings. The van der Waals surface area contributed by atoms with Crippen LogP contribution in [0.4, 0.5) is 0 Å². The zero-order chi connectivity index (χ0) is 7.44. The Hall–Kier alpha value is -0.0200. The van der Waals surface area contributed by atoms with Gasteiger partial charge in [0.1, 0.15) is 5.78 Å². The highest BCUT2D eigenvalue weighted by molar-refractivity contribution is 7.78. The lowest BCUT2D eigenvalue weighted by Crippen LogP contribution is -2.33. The van der Waals surface area contributed by atoms with E-state index < -0.39 is 0 Å². The Morgan fingerprint density at radius 3 is 2.00 bits per heavy atom. The van der Waals surface area contributed by atoms with Crippen LogP contribution in [0.25, 0.3) is 0 Å². The third-order valence-electron chi connectivity index (χ3n) is 1.24. The molecule has 0 amide bonds. The first-order valence-electron chi connectivity index (χ1n) is 2.99. The van der Waals surface area contributed by atoms with E-state index in [4.69, 9.17) is 0 Å². The van der Waals surface area contributed by atoms with E-state index in [9.17, 15) is 4.79 Å². The lowest BCUT2D eigenvalue weighted by atomic mass is 10.0. The molecule has 0 unspecified atom stereocenters. The number of carbonyl (C=O) groups excluding carboxylic acids is 1. The predicted octanol–water partition coefficient (Wildman–Crippen LogP) is 1.03. The van der Waals surface area contributed by atoms with Crippen molar-refractivity contribution in [3.8, 4) is 0 Å². The monoisotopic (exact) mass is 147 g/mol. The smallest absolute Gasteiger partial charge is 0.147 e. The van der Waals surface area contributed by atoms with Gasteiger partial charge in [0.25, 0.3) is 0 Å². The van der Waals surface area contributed by atoms with Gasteiger partial charge in [-0.1, -0.05) is 26.7 Å². The van der Waals surface area contributed by atoms with Crippen molar-refractivity contribution in [3.05, 3.63) is 0 Å². The molecule has 0 aromatic carbocycles. The fourth-order valence-corrected chi connectivity index (χ4v) is 1.19. The maximum Gasteiger partial charge on any atom is 0.147 e. The minimum atomic E-state index is -0.103. The molecule has 0 saturated heterocycles. The van der Waals surface area contributed by atoms with E-state index >= 15 is 0 Å². The SMILES string of the molecule is CC(=O)[C@H](NS)C(C)C. The van der Waals surface area contributed by atoms with Crippen molar-refractivity contribution in [3.63, 3.8) is 0 Å². The molecule has 0 radical (unpaired) electrons. The van der Waals surface area contributed by atoms with Crippen molar-refractivity contribution >= 4 is 18.6 Å². The fourth-order valence-electron chi connectivity index (χ4n) is 0.709. The topological polar surface area (TPSA) is 29.1 Å². The average Bonchev–Trinajstić information content (AvgIpc) is 1.64. The molecule has 9 heavy (non-hydrogen) atoms. The molecule has 0 spiro atoms. The molecule has 54 valence electrons. The maximum atomic E-state index is 10.7. The summed E-state index contributed by atoms with van der Waals surface area (Å²) in [4.78, 5) is 10.7. The summed E-state index contributed by atoms with van der Waals surface area (Å²) in [6.07, 6.45) is 0. The molecular formula is C6H13NOS. The molecule has 1 atom stereocenters. The van der Waals surface area contributed by atoms with Crippen LogP contribution in [-0.2, 0) is 4.79 Å². The summed E-state index contributed by atoms with van der Waals surface area (Å²) in [6.45, 7) is 5.53. The normalized spacial score (nSPS) is 13.9. The summed E-state index contributed by atoms with van der Waals surface area (Å²) in [5, 5.41) is 0. The van der Waals surface area contributed by atoms with Crippen molar-refractivity contribution in [2.45, 2.75) is 26.8 Å². The lowest BCUT2D eigenvalue weighted by molar-refractivity contribution is -0.119. The van der Waals surface area contributed by atoms with E-state index in [1.807, 2.05) is 13.8 Å². The van der Waals surface area contributed by atoms with Crippen molar-refractivity contribution in [1.29, 1.82) is 0 Å². The molecule has 0 aromatic rings. The average molecular weight is 147 g/mol. The Morgan fingerprint density at radius 2 is 2.00 bits per heavy atom. The largest absolute Gasteiger partial charge is 0.298 e. The van der Waals surface area contributed by atoms with E-state index in [0.717, 1.165) is 0 Å². The summed E-state index contributed by atoms with van der Waals surface area (Å²) in [7, 11) is 0. The van der Waals surface area contributed by atoms with E-state index in [2.05, 4.69) is 17.5 Å². The molecule has 0 bridgehead atoms. The minimum Gasteiger partial charge on any atom is -0.298 e. The summed E-state index contributed by atoms with van der Waals surface area (Å²) in [5.41, 5.74) is 0. The quantitative estimate of drug-likeness (QED) is 0.584. The summed E-state index contributed by atoms with van der Waals surface area (Å²) < 4.78 is 2.65. The number of nitrogens with one attached hydrogen (secondary N) is 1. The standard InChI is InChI=1S/C6H13NOS/c1-4(2)6(7-9)5(3)8/h4,6-7,9H,1-3H3/t6-/m1/s1. The first-order valence-corrected chi connectivity index (χ1v) is 3.44. The fraction of sp³-hybridized carbons (Fsp3) is 0.833. The molecule has 0 aromatic heterocycles. The Bertz CT molecular complexity index is 103. The van der Waals surface area contributed by atoms with Gasteiger partial charge in [-0.3, -0.25) is 9.52 Å². The highest BCUT2D eigenvalue weighted by Crippen LogP contribution is 2.02. The summed E-state index contributed by atoms with van der Waals surface area (Å²) in [5.74, 6) is 0.458. The van der Waals surface area contributed by atoms with Crippen LogP contribution >= 0.6 is 12.8 Å². The summed E-state index contributed by atoms with van der Waals surface area (Å²) >= 11 is 3.82. The Labute approximate surface area is 61.6 Å². The van der Waals surface area contributed by atoms with Gasteiger partial charge in [0.2, 0.25) is 0 Å². The van der Waals surface area contributed by atoms with Crippen molar-refractivity contribution in [2.75, 3.05) is 0 Å². The molecule has 0 aliphatic carbocycles. The van der Waals surface area contributed by atoms with Crippen molar-refractivity contribution < 1.29 is 4.79 Å². The van der Waals surface area contributed by atoms with Gasteiger partial charge >= 0.3 is 0 Å². The molecule has 2 nitrogen and oxygen atoms in total. The van der Waals surface area contributed by atoms with Crippen LogP contribution in [0.1, 0.15) is 20.8 Å². The Balaban J connectivity index is 3.83. The van der Waals surface area contributed by atoms with Crippen LogP contribution in [0.15, 0.2) is 0 Å². The molecular weight excluding hydrogens is 134 g/mol. The van der Waals surface area contributed by atoms with Crippen LogP contribution in [0.3, 0.4) is 0 Å². The molecule has 0 aliphatic heterocycles. The second-order valence-corrected chi connectivity index (χ2v) is 2.72. The van der Waals surface area contributed by atoms with E-state index in [1.165, 1.54) is 0 Å². The van der Waals surface area contributed by atoms with E-state index in [1.54, 1.807) is 6.92 Å². The summed E-state index contributed by atoms with van der Waals surface area (Å²) in [6, 6.07) is -0.103. The van der Waals surface area contributed by atoms with Gasteiger partial charge in [-0.25, -0.2) is 0 Å². The molecule has 1 N–H and O–H groups in total. The van der Waals surface area contributed by atoms with Crippen LogP contribution in [-0.4, -0.2) is 11.8 Å². The Kier molecular flexibility index (Phi) is 3.89. The van der Waals surface area contributed by atoms with E-state index in [-0.39, 0.29) is 11.8 Å². The van der Waals surface area contributed by atoms with Gasteiger partial charge < -0.3 is 0 Å². The Morgan fingerprint density at radius 1 is 1.56 bits per heavy atom. The zero-order valence-corrected chi connectivity index (χ0v) is 6.90. The highest BCUT2D eigenvalue weighted by atomic mass is 32.1.